The predicted molar refractivity (Wildman–Crippen MR) is 91.0 cm³/mol. The highest BCUT2D eigenvalue weighted by Crippen LogP contribution is 2.30. The van der Waals surface area contributed by atoms with Gasteiger partial charge in [-0.05, 0) is 26.0 Å². The number of methoxy groups -OCH3 is 1. The zero-order chi connectivity index (χ0) is 15.7. The van der Waals surface area contributed by atoms with Crippen LogP contribution in [0.15, 0.2) is 24.3 Å². The van der Waals surface area contributed by atoms with Gasteiger partial charge in [-0.3, -0.25) is 4.90 Å². The molecule has 0 aromatic heterocycles. The summed E-state index contributed by atoms with van der Waals surface area (Å²) < 4.78 is 5.46. The first kappa shape index (κ1) is 18.0. The van der Waals surface area contributed by atoms with E-state index in [1.807, 2.05) is 12.1 Å². The number of rotatable bonds is 5. The molecule has 0 spiro atoms. The molecule has 2 atom stereocenters. The predicted octanol–water partition coefficient (Wildman–Crippen LogP) is 3.86. The van der Waals surface area contributed by atoms with Crippen LogP contribution in [0.2, 0.25) is 0 Å². The minimum atomic E-state index is 0.421. The van der Waals surface area contributed by atoms with Gasteiger partial charge in [0.2, 0.25) is 0 Å². The monoisotopic (exact) mass is 292 g/mol. The molecule has 0 amide bonds. The summed E-state index contributed by atoms with van der Waals surface area (Å²) in [6.07, 6.45) is 2.49. The molecule has 0 aliphatic carbocycles. The Morgan fingerprint density at radius 3 is 2.57 bits per heavy atom. The number of hydrogen-bond acceptors (Lipinski definition) is 3. The van der Waals surface area contributed by atoms with Gasteiger partial charge in [0.1, 0.15) is 5.75 Å². The Kier molecular flexibility index (Phi) is 8.40. The number of nitrogens with one attached hydrogen (secondary N) is 1. The van der Waals surface area contributed by atoms with Gasteiger partial charge in [0.05, 0.1) is 7.11 Å². The third-order valence-electron chi connectivity index (χ3n) is 3.85. The molecular weight excluding hydrogens is 260 g/mol. The summed E-state index contributed by atoms with van der Waals surface area (Å²) in [5.41, 5.74) is 1.29. The van der Waals surface area contributed by atoms with Crippen molar-refractivity contribution in [3.63, 3.8) is 0 Å². The van der Waals surface area contributed by atoms with Gasteiger partial charge < -0.3 is 10.1 Å². The molecule has 1 aromatic carbocycles. The van der Waals surface area contributed by atoms with Crippen LogP contribution in [0, 0.1) is 0 Å². The molecule has 1 aromatic rings. The van der Waals surface area contributed by atoms with Crippen LogP contribution in [0.25, 0.3) is 0 Å². The van der Waals surface area contributed by atoms with Crippen molar-refractivity contribution in [2.75, 3.05) is 26.7 Å². The first-order chi connectivity index (χ1) is 10.2. The van der Waals surface area contributed by atoms with Gasteiger partial charge in [-0.1, -0.05) is 45.4 Å². The summed E-state index contributed by atoms with van der Waals surface area (Å²) in [5.74, 6) is 0.997. The van der Waals surface area contributed by atoms with Crippen LogP contribution in [-0.4, -0.2) is 37.7 Å². The van der Waals surface area contributed by atoms with Gasteiger partial charge >= 0.3 is 0 Å². The lowest BCUT2D eigenvalue weighted by molar-refractivity contribution is 0.250. The first-order valence-corrected chi connectivity index (χ1v) is 8.28. The lowest BCUT2D eigenvalue weighted by atomic mass is 10.1. The molecule has 1 fully saturated rings. The Morgan fingerprint density at radius 1 is 1.29 bits per heavy atom. The maximum absolute atomic E-state index is 5.46. The van der Waals surface area contributed by atoms with E-state index in [4.69, 9.17) is 4.74 Å². The molecule has 1 heterocycles. The van der Waals surface area contributed by atoms with Crippen molar-refractivity contribution in [2.24, 2.45) is 0 Å². The van der Waals surface area contributed by atoms with E-state index < -0.39 is 0 Å². The van der Waals surface area contributed by atoms with E-state index in [1.165, 1.54) is 18.4 Å². The van der Waals surface area contributed by atoms with E-state index >= 15 is 0 Å². The zero-order valence-corrected chi connectivity index (χ0v) is 14.4. The molecule has 1 aliphatic rings. The number of nitrogens with zero attached hydrogens (tertiary/aromatic N) is 1. The number of hydrogen-bond donors (Lipinski definition) is 1. The second kappa shape index (κ2) is 9.80. The topological polar surface area (TPSA) is 24.5 Å². The molecule has 0 bridgehead atoms. The van der Waals surface area contributed by atoms with E-state index in [9.17, 15) is 0 Å². The molecule has 2 rings (SSSR count). The SMILES string of the molecule is CCC.CCNC1CCN(C(C)c2ccccc2OC)C1. The van der Waals surface area contributed by atoms with Crippen molar-refractivity contribution >= 4 is 0 Å². The number of benzene rings is 1. The quantitative estimate of drug-likeness (QED) is 0.892. The first-order valence-electron chi connectivity index (χ1n) is 8.28. The van der Waals surface area contributed by atoms with Crippen LogP contribution in [0.5, 0.6) is 5.75 Å². The molecule has 120 valence electrons. The van der Waals surface area contributed by atoms with Gasteiger partial charge in [-0.15, -0.1) is 0 Å². The third-order valence-corrected chi connectivity index (χ3v) is 3.85. The van der Waals surface area contributed by atoms with Crippen molar-refractivity contribution < 1.29 is 4.74 Å². The average molecular weight is 292 g/mol. The third kappa shape index (κ3) is 5.33. The number of ether oxygens (including phenoxy) is 1. The largest absolute Gasteiger partial charge is 0.496 e. The molecule has 1 aliphatic heterocycles. The Hall–Kier alpha value is -1.06. The average Bonchev–Trinajstić information content (AvgIpc) is 2.96. The second-order valence-electron chi connectivity index (χ2n) is 5.66. The molecule has 0 saturated carbocycles. The fourth-order valence-corrected chi connectivity index (χ4v) is 2.80. The summed E-state index contributed by atoms with van der Waals surface area (Å²) >= 11 is 0. The minimum Gasteiger partial charge on any atom is -0.496 e. The van der Waals surface area contributed by atoms with Gasteiger partial charge in [0, 0.05) is 30.7 Å². The second-order valence-corrected chi connectivity index (χ2v) is 5.66. The highest BCUT2D eigenvalue weighted by Gasteiger charge is 2.27. The highest BCUT2D eigenvalue weighted by molar-refractivity contribution is 5.35. The molecule has 21 heavy (non-hydrogen) atoms. The van der Waals surface area contributed by atoms with E-state index in [0.29, 0.717) is 12.1 Å². The van der Waals surface area contributed by atoms with E-state index in [0.717, 1.165) is 25.4 Å². The molecule has 2 unspecified atom stereocenters. The molecule has 0 radical (unpaired) electrons. The van der Waals surface area contributed by atoms with Crippen LogP contribution in [-0.2, 0) is 0 Å². The molecule has 3 nitrogen and oxygen atoms in total. The normalized spacial score (nSPS) is 19.8. The van der Waals surface area contributed by atoms with E-state index in [-0.39, 0.29) is 0 Å². The Balaban J connectivity index is 0.000000677. The van der Waals surface area contributed by atoms with Gasteiger partial charge in [-0.25, -0.2) is 0 Å². The lowest BCUT2D eigenvalue weighted by Gasteiger charge is -2.26. The lowest BCUT2D eigenvalue weighted by Crippen LogP contribution is -2.33. The standard InChI is InChI=1S/C15H24N2O.C3H8/c1-4-16-13-9-10-17(11-13)12(2)14-7-5-6-8-15(14)18-3;1-3-2/h5-8,12-13,16H,4,9-11H2,1-3H3;3H2,1-2H3. The number of para-hydroxylation sites is 1. The van der Waals surface area contributed by atoms with Crippen molar-refractivity contribution in [2.45, 2.75) is 52.6 Å². The van der Waals surface area contributed by atoms with Crippen LogP contribution >= 0.6 is 0 Å². The summed E-state index contributed by atoms with van der Waals surface area (Å²) in [6, 6.07) is 9.40. The Morgan fingerprint density at radius 2 is 1.95 bits per heavy atom. The summed E-state index contributed by atoms with van der Waals surface area (Å²) in [5, 5.41) is 3.54. The van der Waals surface area contributed by atoms with Crippen molar-refractivity contribution in [1.82, 2.24) is 10.2 Å². The molecule has 3 heteroatoms. The smallest absolute Gasteiger partial charge is 0.123 e. The van der Waals surface area contributed by atoms with Crippen LogP contribution in [0.3, 0.4) is 0 Å². The molecule has 1 N–H and O–H groups in total. The van der Waals surface area contributed by atoms with E-state index in [1.54, 1.807) is 7.11 Å². The van der Waals surface area contributed by atoms with Crippen molar-refractivity contribution in [3.05, 3.63) is 29.8 Å². The minimum absolute atomic E-state index is 0.421. The van der Waals surface area contributed by atoms with Crippen LogP contribution in [0.4, 0.5) is 0 Å². The fourth-order valence-electron chi connectivity index (χ4n) is 2.80. The summed E-state index contributed by atoms with van der Waals surface area (Å²) in [7, 11) is 1.75. The zero-order valence-electron chi connectivity index (χ0n) is 14.4. The van der Waals surface area contributed by atoms with Crippen molar-refractivity contribution in [1.29, 1.82) is 0 Å². The highest BCUT2D eigenvalue weighted by atomic mass is 16.5. The molecule has 1 saturated heterocycles. The Bertz CT molecular complexity index is 395. The van der Waals surface area contributed by atoms with Gasteiger partial charge in [0.25, 0.3) is 0 Å². The van der Waals surface area contributed by atoms with Crippen LogP contribution in [0.1, 0.15) is 52.1 Å². The van der Waals surface area contributed by atoms with Gasteiger partial charge in [0.15, 0.2) is 0 Å². The number of likely N-dealkylation sites (N-methyl/N-ethyl adjacent to an activating group) is 1. The molecular formula is C18H32N2O. The Labute approximate surface area is 130 Å². The van der Waals surface area contributed by atoms with Gasteiger partial charge in [-0.2, -0.15) is 0 Å². The van der Waals surface area contributed by atoms with Crippen LogP contribution < -0.4 is 10.1 Å². The fraction of sp³-hybridized carbons (Fsp3) is 0.667. The maximum Gasteiger partial charge on any atom is 0.123 e. The van der Waals surface area contributed by atoms with E-state index in [2.05, 4.69) is 50.0 Å². The maximum atomic E-state index is 5.46. The summed E-state index contributed by atoms with van der Waals surface area (Å²) in [6.45, 7) is 12.0. The van der Waals surface area contributed by atoms with Crippen molar-refractivity contribution in [3.8, 4) is 5.75 Å². The number of likely N-dealkylation sites (tertiary alicyclic amines) is 1. The summed E-state index contributed by atoms with van der Waals surface area (Å²) in [4.78, 5) is 2.53.